The molecule has 0 aliphatic rings. The Balaban J connectivity index is 2.09. The number of esters is 1. The smallest absolute Gasteiger partial charge is 0.328 e. The van der Waals surface area contributed by atoms with Gasteiger partial charge in [0.2, 0.25) is 5.78 Å². The molecule has 4 rings (SSSR count). The summed E-state index contributed by atoms with van der Waals surface area (Å²) in [5.41, 5.74) is 5.21. The van der Waals surface area contributed by atoms with E-state index in [1.54, 1.807) is 0 Å². The zero-order valence-corrected chi connectivity index (χ0v) is 14.4. The third-order valence-corrected chi connectivity index (χ3v) is 4.59. The molecule has 2 heterocycles. The van der Waals surface area contributed by atoms with Crippen molar-refractivity contribution in [1.82, 2.24) is 14.0 Å². The van der Waals surface area contributed by atoms with E-state index in [0.29, 0.717) is 0 Å². The predicted molar refractivity (Wildman–Crippen MR) is 97.6 cm³/mol. The summed E-state index contributed by atoms with van der Waals surface area (Å²) in [5.74, 6) is 0.447. The molecule has 0 fully saturated rings. The van der Waals surface area contributed by atoms with Gasteiger partial charge in [0.05, 0.1) is 30.0 Å². The van der Waals surface area contributed by atoms with Crippen molar-refractivity contribution in [2.75, 3.05) is 7.11 Å². The average molecular weight is 333 g/mol. The van der Waals surface area contributed by atoms with Crippen LogP contribution in [0.3, 0.4) is 0 Å². The molecule has 0 spiro atoms. The second-order valence-corrected chi connectivity index (χ2v) is 6.21. The second-order valence-electron chi connectivity index (χ2n) is 6.21. The minimum Gasteiger partial charge on any atom is -0.467 e. The molecule has 4 aromatic rings. The molecular weight excluding hydrogens is 314 g/mol. The Morgan fingerprint density at radius 2 is 1.88 bits per heavy atom. The molecule has 0 aliphatic carbocycles. The predicted octanol–water partition coefficient (Wildman–Crippen LogP) is 4.00. The van der Waals surface area contributed by atoms with Gasteiger partial charge >= 0.3 is 5.97 Å². The van der Waals surface area contributed by atoms with Gasteiger partial charge in [-0.2, -0.15) is 0 Å². The summed E-state index contributed by atoms with van der Waals surface area (Å²) in [6.07, 6.45) is 1.85. The molecule has 5 nitrogen and oxygen atoms in total. The molecule has 0 saturated heterocycles. The third kappa shape index (κ3) is 2.31. The number of methoxy groups -OCH3 is 1. The van der Waals surface area contributed by atoms with Crippen LogP contribution in [0, 0.1) is 6.92 Å². The zero-order valence-electron chi connectivity index (χ0n) is 14.4. The second kappa shape index (κ2) is 5.77. The molecule has 0 aliphatic heterocycles. The Kier molecular flexibility index (Phi) is 3.57. The Morgan fingerprint density at radius 1 is 1.12 bits per heavy atom. The molecule has 2 aromatic heterocycles. The summed E-state index contributed by atoms with van der Waals surface area (Å²) in [6, 6.07) is 15.9. The van der Waals surface area contributed by atoms with E-state index in [0.717, 1.165) is 33.6 Å². The van der Waals surface area contributed by atoms with Crippen molar-refractivity contribution in [3.63, 3.8) is 0 Å². The largest absolute Gasteiger partial charge is 0.467 e. The van der Waals surface area contributed by atoms with Crippen LogP contribution in [0.5, 0.6) is 0 Å². The number of carbonyl (C=O) groups excluding carboxylic acids is 1. The maximum absolute atomic E-state index is 12.2. The molecule has 0 radical (unpaired) electrons. The molecule has 0 amide bonds. The maximum Gasteiger partial charge on any atom is 0.328 e. The molecule has 0 bridgehead atoms. The highest BCUT2D eigenvalue weighted by Gasteiger charge is 2.24. The number of hydrogen-bond acceptors (Lipinski definition) is 3. The fourth-order valence-corrected chi connectivity index (χ4v) is 3.34. The molecule has 1 unspecified atom stereocenters. The number of benzene rings is 2. The lowest BCUT2D eigenvalue weighted by atomic mass is 10.1. The Hall–Kier alpha value is -3.08. The lowest BCUT2D eigenvalue weighted by Gasteiger charge is -2.12. The molecule has 25 heavy (non-hydrogen) atoms. The summed E-state index contributed by atoms with van der Waals surface area (Å²) in [5, 5.41) is 0. The quantitative estimate of drug-likeness (QED) is 0.533. The summed E-state index contributed by atoms with van der Waals surface area (Å²) >= 11 is 0. The topological polar surface area (TPSA) is 48.5 Å². The first kappa shape index (κ1) is 15.4. The molecule has 1 atom stereocenters. The van der Waals surface area contributed by atoms with Crippen LogP contribution >= 0.6 is 0 Å². The number of nitrogens with zero attached hydrogens (tertiary/aromatic N) is 3. The van der Waals surface area contributed by atoms with Gasteiger partial charge in [0, 0.05) is 5.56 Å². The number of rotatable bonds is 3. The number of fused-ring (bicyclic) bond motifs is 3. The monoisotopic (exact) mass is 333 g/mol. The fraction of sp³-hybridized carbons (Fsp3) is 0.200. The van der Waals surface area contributed by atoms with Crippen LogP contribution in [-0.2, 0) is 9.53 Å². The van der Waals surface area contributed by atoms with Crippen LogP contribution in [0.1, 0.15) is 18.5 Å². The normalized spacial score (nSPS) is 12.6. The van der Waals surface area contributed by atoms with E-state index in [1.807, 2.05) is 42.8 Å². The van der Waals surface area contributed by atoms with Crippen LogP contribution in [-0.4, -0.2) is 27.0 Å². The molecule has 2 aromatic carbocycles. The van der Waals surface area contributed by atoms with E-state index in [1.165, 1.54) is 7.11 Å². The Labute approximate surface area is 145 Å². The number of ether oxygens (including phenoxy) is 1. The maximum atomic E-state index is 12.2. The Bertz CT molecular complexity index is 1080. The minimum atomic E-state index is -0.460. The summed E-state index contributed by atoms with van der Waals surface area (Å²) in [6.45, 7) is 3.88. The first-order valence-corrected chi connectivity index (χ1v) is 8.23. The van der Waals surface area contributed by atoms with Crippen molar-refractivity contribution in [2.45, 2.75) is 19.9 Å². The zero-order chi connectivity index (χ0) is 17.6. The first-order chi connectivity index (χ1) is 12.1. The van der Waals surface area contributed by atoms with Crippen LogP contribution in [0.4, 0.5) is 0 Å². The van der Waals surface area contributed by atoms with Gasteiger partial charge in [-0.05, 0) is 31.5 Å². The standard InChI is InChI=1S/C20H19N3O2/c1-13-9-10-16-17(11-13)22(14(2)19(24)25-3)20-21-12-18(23(16)20)15-7-5-4-6-8-15/h4-12,14H,1-3H3. The SMILES string of the molecule is COC(=O)C(C)n1c2cc(C)ccc2n2c(-c3ccccc3)cnc12. The fourth-order valence-electron chi connectivity index (χ4n) is 3.34. The van der Waals surface area contributed by atoms with Gasteiger partial charge in [-0.1, -0.05) is 36.4 Å². The van der Waals surface area contributed by atoms with Gasteiger partial charge in [-0.3, -0.25) is 8.97 Å². The highest BCUT2D eigenvalue weighted by molar-refractivity contribution is 5.87. The summed E-state index contributed by atoms with van der Waals surface area (Å²) in [7, 11) is 1.41. The number of aryl methyl sites for hydroxylation is 1. The van der Waals surface area contributed by atoms with Gasteiger partial charge in [0.25, 0.3) is 0 Å². The van der Waals surface area contributed by atoms with Crippen molar-refractivity contribution in [2.24, 2.45) is 0 Å². The molecule has 5 heteroatoms. The highest BCUT2D eigenvalue weighted by atomic mass is 16.5. The molecule has 0 N–H and O–H groups in total. The van der Waals surface area contributed by atoms with E-state index in [2.05, 4.69) is 39.7 Å². The van der Waals surface area contributed by atoms with Crippen LogP contribution in [0.25, 0.3) is 28.1 Å². The first-order valence-electron chi connectivity index (χ1n) is 8.23. The van der Waals surface area contributed by atoms with Gasteiger partial charge in [-0.15, -0.1) is 0 Å². The number of carbonyl (C=O) groups is 1. The van der Waals surface area contributed by atoms with E-state index < -0.39 is 6.04 Å². The van der Waals surface area contributed by atoms with Crippen LogP contribution < -0.4 is 0 Å². The highest BCUT2D eigenvalue weighted by Crippen LogP contribution is 2.31. The van der Waals surface area contributed by atoms with Gasteiger partial charge in [0.15, 0.2) is 0 Å². The van der Waals surface area contributed by atoms with E-state index in [4.69, 9.17) is 4.74 Å². The Morgan fingerprint density at radius 3 is 2.60 bits per heavy atom. The summed E-state index contributed by atoms with van der Waals surface area (Å²) in [4.78, 5) is 16.8. The number of aromatic nitrogens is 3. The minimum absolute atomic E-state index is 0.287. The van der Waals surface area contributed by atoms with Crippen LogP contribution in [0.2, 0.25) is 0 Å². The van der Waals surface area contributed by atoms with E-state index in [9.17, 15) is 4.79 Å². The van der Waals surface area contributed by atoms with Gasteiger partial charge < -0.3 is 4.74 Å². The van der Waals surface area contributed by atoms with Crippen molar-refractivity contribution in [3.8, 4) is 11.3 Å². The van der Waals surface area contributed by atoms with E-state index in [-0.39, 0.29) is 5.97 Å². The van der Waals surface area contributed by atoms with Crippen molar-refractivity contribution < 1.29 is 9.53 Å². The molecule has 126 valence electrons. The van der Waals surface area contributed by atoms with Crippen molar-refractivity contribution in [1.29, 1.82) is 0 Å². The number of hydrogen-bond donors (Lipinski definition) is 0. The van der Waals surface area contributed by atoms with Gasteiger partial charge in [-0.25, -0.2) is 9.78 Å². The molecular formula is C20H19N3O2. The third-order valence-electron chi connectivity index (χ3n) is 4.59. The lowest BCUT2D eigenvalue weighted by Crippen LogP contribution is -2.18. The summed E-state index contributed by atoms with van der Waals surface area (Å²) < 4.78 is 9.00. The van der Waals surface area contributed by atoms with Crippen molar-refractivity contribution in [3.05, 3.63) is 60.3 Å². The van der Waals surface area contributed by atoms with Crippen LogP contribution in [0.15, 0.2) is 54.7 Å². The van der Waals surface area contributed by atoms with E-state index >= 15 is 0 Å². The molecule has 0 saturated carbocycles. The average Bonchev–Trinajstić information content (AvgIpc) is 3.18. The lowest BCUT2D eigenvalue weighted by molar-refractivity contribution is -0.143. The number of imidazole rings is 2. The van der Waals surface area contributed by atoms with Crippen molar-refractivity contribution >= 4 is 22.8 Å². The van der Waals surface area contributed by atoms with Gasteiger partial charge in [0.1, 0.15) is 6.04 Å².